The number of hydrogen-bond donors (Lipinski definition) is 1. The Morgan fingerprint density at radius 1 is 1.40 bits per heavy atom. The van der Waals surface area contributed by atoms with E-state index in [1.165, 1.54) is 0 Å². The van der Waals surface area contributed by atoms with Gasteiger partial charge in [0, 0.05) is 28.3 Å². The third-order valence-electron chi connectivity index (χ3n) is 1.84. The molecule has 4 heteroatoms. The Morgan fingerprint density at radius 3 is 2.93 bits per heavy atom. The molecule has 2 nitrogen and oxygen atoms in total. The zero-order valence-electron chi connectivity index (χ0n) is 8.72. The van der Waals surface area contributed by atoms with Crippen molar-refractivity contribution < 1.29 is 4.74 Å². The Morgan fingerprint density at radius 2 is 2.20 bits per heavy atom. The van der Waals surface area contributed by atoms with Gasteiger partial charge in [0.1, 0.15) is 0 Å². The Balaban J connectivity index is 2.33. The maximum Gasteiger partial charge on any atom is 0.0639 e. The highest BCUT2D eigenvalue weighted by atomic mass is 79.9. The van der Waals surface area contributed by atoms with E-state index in [1.54, 1.807) is 0 Å². The van der Waals surface area contributed by atoms with E-state index in [2.05, 4.69) is 28.2 Å². The van der Waals surface area contributed by atoms with Gasteiger partial charge in [0.2, 0.25) is 0 Å². The van der Waals surface area contributed by atoms with Gasteiger partial charge < -0.3 is 10.1 Å². The molecule has 0 aliphatic heterocycles. The first-order valence-corrected chi connectivity index (χ1v) is 6.17. The van der Waals surface area contributed by atoms with E-state index < -0.39 is 0 Å². The molecular formula is C11H15BrClNO. The Labute approximate surface area is 104 Å². The van der Waals surface area contributed by atoms with Crippen LogP contribution < -0.4 is 5.32 Å². The lowest BCUT2D eigenvalue weighted by molar-refractivity contribution is 0.144. The summed E-state index contributed by atoms with van der Waals surface area (Å²) < 4.78 is 6.38. The fourth-order valence-electron chi connectivity index (χ4n) is 1.14. The van der Waals surface area contributed by atoms with E-state index in [4.69, 9.17) is 16.3 Å². The molecule has 0 saturated heterocycles. The monoisotopic (exact) mass is 291 g/mol. The molecule has 0 unspecified atom stereocenters. The van der Waals surface area contributed by atoms with E-state index in [0.717, 1.165) is 34.8 Å². The summed E-state index contributed by atoms with van der Waals surface area (Å²) in [5.74, 6) is 0. The predicted octanol–water partition coefficient (Wildman–Crippen LogP) is 3.94. The molecule has 0 aromatic heterocycles. The second kappa shape index (κ2) is 7.09. The summed E-state index contributed by atoms with van der Waals surface area (Å²) in [4.78, 5) is 0. The fourth-order valence-corrected chi connectivity index (χ4v) is 1.70. The SMILES string of the molecule is CCCOCCNc1cc(Cl)ccc1Br. The molecule has 1 aromatic carbocycles. The minimum Gasteiger partial charge on any atom is -0.382 e. The predicted molar refractivity (Wildman–Crippen MR) is 68.8 cm³/mol. The molecule has 0 radical (unpaired) electrons. The van der Waals surface area contributed by atoms with Gasteiger partial charge >= 0.3 is 0 Å². The maximum absolute atomic E-state index is 5.89. The van der Waals surface area contributed by atoms with Crippen molar-refractivity contribution in [3.8, 4) is 0 Å². The van der Waals surface area contributed by atoms with Gasteiger partial charge in [0.05, 0.1) is 6.61 Å². The van der Waals surface area contributed by atoms with Crippen LogP contribution in [0.2, 0.25) is 5.02 Å². The van der Waals surface area contributed by atoms with Crippen LogP contribution in [0.25, 0.3) is 0 Å². The lowest BCUT2D eigenvalue weighted by Crippen LogP contribution is -2.10. The highest BCUT2D eigenvalue weighted by Crippen LogP contribution is 2.25. The third kappa shape index (κ3) is 4.87. The number of nitrogens with one attached hydrogen (secondary N) is 1. The molecule has 0 fully saturated rings. The van der Waals surface area contributed by atoms with Crippen molar-refractivity contribution in [3.05, 3.63) is 27.7 Å². The summed E-state index contributed by atoms with van der Waals surface area (Å²) in [6.45, 7) is 4.42. The number of anilines is 1. The van der Waals surface area contributed by atoms with E-state index in [1.807, 2.05) is 18.2 Å². The Bertz CT molecular complexity index is 307. The van der Waals surface area contributed by atoms with Crippen molar-refractivity contribution in [2.24, 2.45) is 0 Å². The number of halogens is 2. The summed E-state index contributed by atoms with van der Waals surface area (Å²) in [5, 5.41) is 3.99. The molecule has 0 bridgehead atoms. The lowest BCUT2D eigenvalue weighted by atomic mass is 10.3. The molecular weight excluding hydrogens is 277 g/mol. The smallest absolute Gasteiger partial charge is 0.0639 e. The Kier molecular flexibility index (Phi) is 6.06. The highest BCUT2D eigenvalue weighted by Gasteiger charge is 1.99. The normalized spacial score (nSPS) is 10.3. The maximum atomic E-state index is 5.89. The van der Waals surface area contributed by atoms with Crippen molar-refractivity contribution in [2.75, 3.05) is 25.1 Å². The average Bonchev–Trinajstić information content (AvgIpc) is 2.23. The summed E-state index contributed by atoms with van der Waals surface area (Å²) >= 11 is 9.34. The summed E-state index contributed by atoms with van der Waals surface area (Å²) in [7, 11) is 0. The van der Waals surface area contributed by atoms with Crippen LogP contribution in [0.1, 0.15) is 13.3 Å². The van der Waals surface area contributed by atoms with Crippen LogP contribution in [-0.2, 0) is 4.74 Å². The molecule has 15 heavy (non-hydrogen) atoms. The van der Waals surface area contributed by atoms with Gasteiger partial charge in [-0.05, 0) is 40.5 Å². The van der Waals surface area contributed by atoms with Gasteiger partial charge in [-0.1, -0.05) is 18.5 Å². The van der Waals surface area contributed by atoms with Crippen LogP contribution >= 0.6 is 27.5 Å². The molecule has 0 atom stereocenters. The fraction of sp³-hybridized carbons (Fsp3) is 0.455. The van der Waals surface area contributed by atoms with Gasteiger partial charge in [-0.3, -0.25) is 0 Å². The highest BCUT2D eigenvalue weighted by molar-refractivity contribution is 9.10. The molecule has 0 spiro atoms. The second-order valence-electron chi connectivity index (χ2n) is 3.16. The minimum absolute atomic E-state index is 0.715. The third-order valence-corrected chi connectivity index (χ3v) is 2.77. The Hall–Kier alpha value is -0.250. The quantitative estimate of drug-likeness (QED) is 0.802. The molecule has 0 amide bonds. The van der Waals surface area contributed by atoms with E-state index in [0.29, 0.717) is 6.61 Å². The summed E-state index contributed by atoms with van der Waals surface area (Å²) in [6.07, 6.45) is 1.06. The van der Waals surface area contributed by atoms with E-state index in [9.17, 15) is 0 Å². The first-order chi connectivity index (χ1) is 7.24. The topological polar surface area (TPSA) is 21.3 Å². The zero-order chi connectivity index (χ0) is 11.1. The summed E-state index contributed by atoms with van der Waals surface area (Å²) in [6, 6.07) is 5.67. The van der Waals surface area contributed by atoms with Crippen LogP contribution in [0.15, 0.2) is 22.7 Å². The van der Waals surface area contributed by atoms with Crippen LogP contribution in [0.3, 0.4) is 0 Å². The van der Waals surface area contributed by atoms with Crippen LogP contribution in [0.4, 0.5) is 5.69 Å². The van der Waals surface area contributed by atoms with E-state index in [-0.39, 0.29) is 0 Å². The molecule has 1 N–H and O–H groups in total. The zero-order valence-corrected chi connectivity index (χ0v) is 11.1. The molecule has 1 aromatic rings. The molecule has 0 saturated carbocycles. The number of benzene rings is 1. The van der Waals surface area contributed by atoms with Crippen molar-refractivity contribution >= 4 is 33.2 Å². The molecule has 0 heterocycles. The number of rotatable bonds is 6. The van der Waals surface area contributed by atoms with Crippen LogP contribution in [-0.4, -0.2) is 19.8 Å². The molecule has 0 aliphatic carbocycles. The van der Waals surface area contributed by atoms with Crippen molar-refractivity contribution in [2.45, 2.75) is 13.3 Å². The second-order valence-corrected chi connectivity index (χ2v) is 4.45. The molecule has 1 rings (SSSR count). The first kappa shape index (κ1) is 12.8. The molecule has 0 aliphatic rings. The molecule has 84 valence electrons. The standard InChI is InChI=1S/C11H15BrClNO/c1-2-6-15-7-5-14-11-8-9(13)3-4-10(11)12/h3-4,8,14H,2,5-7H2,1H3. The number of ether oxygens (including phenoxy) is 1. The first-order valence-electron chi connectivity index (χ1n) is 5.00. The van der Waals surface area contributed by atoms with Crippen molar-refractivity contribution in [1.82, 2.24) is 0 Å². The summed E-state index contributed by atoms with van der Waals surface area (Å²) in [5.41, 5.74) is 1.00. The van der Waals surface area contributed by atoms with Gasteiger partial charge in [0.25, 0.3) is 0 Å². The number of hydrogen-bond acceptors (Lipinski definition) is 2. The minimum atomic E-state index is 0.715. The van der Waals surface area contributed by atoms with Gasteiger partial charge in [-0.25, -0.2) is 0 Å². The lowest BCUT2D eigenvalue weighted by Gasteiger charge is -2.09. The van der Waals surface area contributed by atoms with E-state index >= 15 is 0 Å². The van der Waals surface area contributed by atoms with Gasteiger partial charge in [-0.15, -0.1) is 0 Å². The average molecular weight is 293 g/mol. The van der Waals surface area contributed by atoms with Crippen molar-refractivity contribution in [3.63, 3.8) is 0 Å². The largest absolute Gasteiger partial charge is 0.382 e. The van der Waals surface area contributed by atoms with Gasteiger partial charge in [0.15, 0.2) is 0 Å². The van der Waals surface area contributed by atoms with Crippen molar-refractivity contribution in [1.29, 1.82) is 0 Å². The van der Waals surface area contributed by atoms with Crippen LogP contribution in [0, 0.1) is 0 Å². The van der Waals surface area contributed by atoms with Gasteiger partial charge in [-0.2, -0.15) is 0 Å². The van der Waals surface area contributed by atoms with Crippen LogP contribution in [0.5, 0.6) is 0 Å².